The lowest BCUT2D eigenvalue weighted by atomic mass is 9.84. The van der Waals surface area contributed by atoms with E-state index in [0.29, 0.717) is 11.5 Å². The number of aromatic nitrogens is 1. The zero-order chi connectivity index (χ0) is 34.5. The molecule has 6 aromatic carbocycles. The Morgan fingerprint density at radius 2 is 1.39 bits per heavy atom. The first-order valence-corrected chi connectivity index (χ1v) is 16.9. The summed E-state index contributed by atoms with van der Waals surface area (Å²) in [6, 6.07) is 39.7. The predicted octanol–water partition coefficient (Wildman–Crippen LogP) is 12.3. The molecule has 0 aliphatic carbocycles. The summed E-state index contributed by atoms with van der Waals surface area (Å²) in [5, 5.41) is 12.8. The lowest BCUT2D eigenvalue weighted by Gasteiger charge is -2.20. The van der Waals surface area contributed by atoms with Crippen LogP contribution in [0.15, 0.2) is 125 Å². The topological polar surface area (TPSA) is 58.6 Å². The highest BCUT2D eigenvalue weighted by Gasteiger charge is 2.22. The summed E-state index contributed by atoms with van der Waals surface area (Å²) in [5.74, 6) is 0.690. The molecule has 0 saturated heterocycles. The largest absolute Gasteiger partial charge is 0.507 e. The Balaban J connectivity index is 1.41. The van der Waals surface area contributed by atoms with Gasteiger partial charge in [0.15, 0.2) is 5.58 Å². The van der Waals surface area contributed by atoms with Gasteiger partial charge in [-0.05, 0) is 87.4 Å². The van der Waals surface area contributed by atoms with Crippen molar-refractivity contribution in [3.63, 3.8) is 0 Å². The smallest absolute Gasteiger partial charge is 0.229 e. The quantitative estimate of drug-likeness (QED) is 0.190. The number of aliphatic imine (C=N–C) groups is 1. The van der Waals surface area contributed by atoms with Crippen molar-refractivity contribution in [2.24, 2.45) is 4.99 Å². The normalized spacial score (nSPS) is 12.4. The predicted molar refractivity (Wildman–Crippen MR) is 205 cm³/mol. The summed E-state index contributed by atoms with van der Waals surface area (Å²) in [5.41, 5.74) is 11.5. The molecule has 0 unspecified atom stereocenters. The van der Waals surface area contributed by atoms with Crippen LogP contribution in [0.1, 0.15) is 63.8 Å². The van der Waals surface area contributed by atoms with Gasteiger partial charge in [-0.15, -0.1) is 0 Å². The van der Waals surface area contributed by atoms with Gasteiger partial charge in [-0.2, -0.15) is 0 Å². The number of oxazole rings is 1. The Morgan fingerprint density at radius 1 is 0.653 bits per heavy atom. The van der Waals surface area contributed by atoms with Crippen molar-refractivity contribution in [1.82, 2.24) is 4.98 Å². The van der Waals surface area contributed by atoms with Crippen LogP contribution in [0.2, 0.25) is 0 Å². The van der Waals surface area contributed by atoms with Gasteiger partial charge in [0.25, 0.3) is 0 Å². The molecule has 0 aliphatic heterocycles. The van der Waals surface area contributed by atoms with Crippen molar-refractivity contribution < 1.29 is 9.52 Å². The minimum Gasteiger partial charge on any atom is -0.507 e. The zero-order valence-corrected chi connectivity index (χ0v) is 29.3. The average Bonchev–Trinajstić information content (AvgIpc) is 3.51. The Hall–Kier alpha value is -5.48. The summed E-state index contributed by atoms with van der Waals surface area (Å²) in [6.45, 7) is 15.3. The monoisotopic (exact) mass is 642 g/mol. The molecule has 4 heteroatoms. The number of rotatable bonds is 5. The van der Waals surface area contributed by atoms with Crippen LogP contribution in [0.4, 0.5) is 5.69 Å². The van der Waals surface area contributed by atoms with E-state index >= 15 is 0 Å². The average molecular weight is 643 g/mol. The van der Waals surface area contributed by atoms with Crippen LogP contribution in [0.5, 0.6) is 5.75 Å². The highest BCUT2D eigenvalue weighted by Crippen LogP contribution is 2.42. The molecule has 244 valence electrons. The number of nitrogens with zero attached hydrogens (tertiary/aromatic N) is 2. The molecule has 49 heavy (non-hydrogen) atoms. The highest BCUT2D eigenvalue weighted by molar-refractivity contribution is 6.03. The number of phenols is 1. The van der Waals surface area contributed by atoms with Crippen LogP contribution in [0.25, 0.3) is 55.6 Å². The summed E-state index contributed by atoms with van der Waals surface area (Å²) >= 11 is 0. The van der Waals surface area contributed by atoms with Crippen LogP contribution in [-0.4, -0.2) is 16.3 Å². The van der Waals surface area contributed by atoms with E-state index in [0.717, 1.165) is 55.4 Å². The molecule has 0 radical (unpaired) electrons. The second-order valence-corrected chi connectivity index (χ2v) is 15.1. The number of aromatic hydroxyl groups is 1. The van der Waals surface area contributed by atoms with E-state index in [1.807, 2.05) is 30.3 Å². The van der Waals surface area contributed by atoms with Gasteiger partial charge in [0.05, 0.1) is 11.3 Å². The molecular formula is C45H42N2O2. The number of fused-ring (bicyclic) bond motifs is 2. The van der Waals surface area contributed by atoms with Gasteiger partial charge in [0, 0.05) is 22.7 Å². The molecule has 4 nitrogen and oxygen atoms in total. The van der Waals surface area contributed by atoms with Crippen molar-refractivity contribution in [3.8, 4) is 39.5 Å². The Morgan fingerprint density at radius 3 is 2.14 bits per heavy atom. The Kier molecular flexibility index (Phi) is 7.99. The molecule has 1 aromatic heterocycles. The molecular weight excluding hydrogens is 601 g/mol. The fourth-order valence-corrected chi connectivity index (χ4v) is 6.24. The van der Waals surface area contributed by atoms with Gasteiger partial charge >= 0.3 is 0 Å². The van der Waals surface area contributed by atoms with Gasteiger partial charge in [-0.25, -0.2) is 4.98 Å². The summed E-state index contributed by atoms with van der Waals surface area (Å²) < 4.78 is 6.67. The maximum Gasteiger partial charge on any atom is 0.229 e. The van der Waals surface area contributed by atoms with Crippen molar-refractivity contribution in [2.45, 2.75) is 59.3 Å². The van der Waals surface area contributed by atoms with Crippen molar-refractivity contribution in [2.75, 3.05) is 0 Å². The fraction of sp³-hybridized carbons (Fsp3) is 0.200. The first-order valence-electron chi connectivity index (χ1n) is 16.9. The third-order valence-electron chi connectivity index (χ3n) is 9.28. The van der Waals surface area contributed by atoms with E-state index < -0.39 is 0 Å². The lowest BCUT2D eigenvalue weighted by molar-refractivity contribution is 0.473. The van der Waals surface area contributed by atoms with Crippen LogP contribution in [0, 0.1) is 6.92 Å². The Labute approximate surface area is 288 Å². The van der Waals surface area contributed by atoms with Crippen molar-refractivity contribution >= 4 is 33.8 Å². The van der Waals surface area contributed by atoms with Crippen LogP contribution < -0.4 is 0 Å². The van der Waals surface area contributed by atoms with Gasteiger partial charge in [0.1, 0.15) is 11.3 Å². The summed E-state index contributed by atoms with van der Waals surface area (Å²) in [4.78, 5) is 10.2. The number of hydrogen-bond acceptors (Lipinski definition) is 4. The van der Waals surface area contributed by atoms with E-state index in [9.17, 15) is 5.11 Å². The number of aryl methyl sites for hydroxylation is 1. The summed E-state index contributed by atoms with van der Waals surface area (Å²) in [6.07, 6.45) is 1.75. The number of hydrogen-bond donors (Lipinski definition) is 1. The van der Waals surface area contributed by atoms with E-state index in [1.54, 1.807) is 12.3 Å². The lowest BCUT2D eigenvalue weighted by Crippen LogP contribution is -2.11. The molecule has 0 amide bonds. The SMILES string of the molecule is Cc1ccc(-c2cccc(-c3cc(C(C)(C)C)cc4oc(-c5ccc6ccccc6c5N=Cc5cc(C(C)(C)C)ccc5O)nc34)c2)cc1. The second kappa shape index (κ2) is 12.2. The second-order valence-electron chi connectivity index (χ2n) is 15.1. The van der Waals surface area contributed by atoms with Crippen molar-refractivity contribution in [3.05, 3.63) is 138 Å². The third kappa shape index (κ3) is 6.39. The van der Waals surface area contributed by atoms with E-state index in [2.05, 4.69) is 127 Å². The first-order chi connectivity index (χ1) is 23.3. The minimum atomic E-state index is -0.105. The molecule has 1 N–H and O–H groups in total. The van der Waals surface area contributed by atoms with Gasteiger partial charge < -0.3 is 9.52 Å². The standard InChI is InChI=1S/C45H42N2O2/c1-28-15-17-29(18-16-28)31-12-10-13-32(23-31)38-25-35(45(5,6)7)26-40-42(38)47-43(49-40)37-21-19-30-11-8-9-14-36(30)41(37)46-27-33-24-34(44(2,3)4)20-22-39(33)48/h8-27,48H,1-7H3. The van der Waals surface area contributed by atoms with E-state index in [-0.39, 0.29) is 16.6 Å². The van der Waals surface area contributed by atoms with Gasteiger partial charge in [-0.3, -0.25) is 4.99 Å². The molecule has 0 aliphatic rings. The molecule has 0 spiro atoms. The minimum absolute atomic E-state index is 0.0671. The molecule has 0 saturated carbocycles. The molecule has 0 atom stereocenters. The number of benzene rings is 6. The first kappa shape index (κ1) is 32.1. The maximum atomic E-state index is 10.8. The molecule has 0 fully saturated rings. The van der Waals surface area contributed by atoms with E-state index in [1.165, 1.54) is 16.7 Å². The molecule has 7 aromatic rings. The summed E-state index contributed by atoms with van der Waals surface area (Å²) in [7, 11) is 0. The van der Waals surface area contributed by atoms with Crippen LogP contribution in [0.3, 0.4) is 0 Å². The van der Waals surface area contributed by atoms with E-state index in [4.69, 9.17) is 14.4 Å². The number of phenolic OH excluding ortho intramolecular Hbond substituents is 1. The van der Waals surface area contributed by atoms with Crippen LogP contribution >= 0.6 is 0 Å². The third-order valence-corrected chi connectivity index (χ3v) is 9.28. The van der Waals surface area contributed by atoms with Gasteiger partial charge in [0.2, 0.25) is 5.89 Å². The maximum absolute atomic E-state index is 10.8. The zero-order valence-electron chi connectivity index (χ0n) is 29.3. The molecule has 7 rings (SSSR count). The fourth-order valence-electron chi connectivity index (χ4n) is 6.24. The molecule has 1 heterocycles. The van der Waals surface area contributed by atoms with Gasteiger partial charge in [-0.1, -0.05) is 126 Å². The van der Waals surface area contributed by atoms with Crippen molar-refractivity contribution in [1.29, 1.82) is 0 Å². The molecule has 0 bridgehead atoms. The highest BCUT2D eigenvalue weighted by atomic mass is 16.3. The Bertz CT molecular complexity index is 2360. The van der Waals surface area contributed by atoms with Crippen LogP contribution in [-0.2, 0) is 10.8 Å².